The van der Waals surface area contributed by atoms with E-state index in [9.17, 15) is 9.18 Å². The van der Waals surface area contributed by atoms with Crippen LogP contribution in [0.2, 0.25) is 0 Å². The summed E-state index contributed by atoms with van der Waals surface area (Å²) in [5, 5.41) is 8.75. The Bertz CT molecular complexity index is 526. The fraction of sp³-hybridized carbons (Fsp3) is 0.0769. The minimum atomic E-state index is -0.945. The highest BCUT2D eigenvalue weighted by molar-refractivity contribution is 5.87. The summed E-state index contributed by atoms with van der Waals surface area (Å²) in [7, 11) is 0. The van der Waals surface area contributed by atoms with E-state index in [1.807, 2.05) is 4.57 Å². The second kappa shape index (κ2) is 6.26. The molecular weight excluding hydrogens is 301 g/mol. The van der Waals surface area contributed by atoms with Crippen molar-refractivity contribution in [2.75, 3.05) is 0 Å². The molecule has 0 unspecified atom stereocenters. The van der Waals surface area contributed by atoms with E-state index < -0.39 is 5.97 Å². The van der Waals surface area contributed by atoms with E-state index in [1.165, 1.54) is 24.3 Å². The molecule has 94 valence electrons. The summed E-state index contributed by atoms with van der Waals surface area (Å²) in [5.74, 6) is -1.21. The molecule has 18 heavy (non-hydrogen) atoms. The van der Waals surface area contributed by atoms with E-state index in [4.69, 9.17) is 5.11 Å². The molecule has 0 radical (unpaired) electrons. The first-order chi connectivity index (χ1) is 8.15. The lowest BCUT2D eigenvalue weighted by atomic mass is 10.2. The van der Waals surface area contributed by atoms with Gasteiger partial charge in [-0.25, -0.2) is 13.8 Å². The molecule has 0 spiro atoms. The Balaban J connectivity index is 0.00000162. The fourth-order valence-corrected chi connectivity index (χ4v) is 1.51. The lowest BCUT2D eigenvalue weighted by molar-refractivity contribution is -0.688. The topological polar surface area (TPSA) is 41.2 Å². The smallest absolute Gasteiger partial charge is 0.336 e. The van der Waals surface area contributed by atoms with Crippen molar-refractivity contribution in [3.63, 3.8) is 0 Å². The van der Waals surface area contributed by atoms with Gasteiger partial charge >= 0.3 is 5.97 Å². The van der Waals surface area contributed by atoms with Crippen LogP contribution < -0.4 is 21.5 Å². The van der Waals surface area contributed by atoms with Crippen LogP contribution in [0.3, 0.4) is 0 Å². The Morgan fingerprint density at radius 1 is 1.11 bits per heavy atom. The van der Waals surface area contributed by atoms with Crippen LogP contribution in [0.5, 0.6) is 0 Å². The molecule has 0 aliphatic heterocycles. The van der Waals surface area contributed by atoms with Crippen LogP contribution in [0.4, 0.5) is 4.39 Å². The molecule has 0 atom stereocenters. The van der Waals surface area contributed by atoms with Crippen LogP contribution in [0.1, 0.15) is 15.9 Å². The quantitative estimate of drug-likeness (QED) is 0.728. The normalized spacial score (nSPS) is 9.61. The number of pyridine rings is 1. The van der Waals surface area contributed by atoms with Crippen LogP contribution in [-0.2, 0) is 6.54 Å². The summed E-state index contributed by atoms with van der Waals surface area (Å²) >= 11 is 0. The largest absolute Gasteiger partial charge is 1.00 e. The average molecular weight is 312 g/mol. The van der Waals surface area contributed by atoms with Gasteiger partial charge in [-0.2, -0.15) is 0 Å². The van der Waals surface area contributed by atoms with Gasteiger partial charge in [0.05, 0.1) is 5.56 Å². The highest BCUT2D eigenvalue weighted by Crippen LogP contribution is 2.02. The summed E-state index contributed by atoms with van der Waals surface area (Å²) in [6.45, 7) is 0.584. The highest BCUT2D eigenvalue weighted by Gasteiger charge is 2.06. The van der Waals surface area contributed by atoms with Crippen LogP contribution >= 0.6 is 0 Å². The number of hydrogen-bond donors (Lipinski definition) is 1. The minimum Gasteiger partial charge on any atom is -1.00 e. The van der Waals surface area contributed by atoms with Crippen LogP contribution in [0, 0.1) is 5.82 Å². The third kappa shape index (κ3) is 3.63. The third-order valence-electron chi connectivity index (χ3n) is 2.42. The molecule has 2 aromatic rings. The zero-order valence-electron chi connectivity index (χ0n) is 9.38. The Morgan fingerprint density at radius 2 is 1.67 bits per heavy atom. The molecule has 0 bridgehead atoms. The molecule has 0 saturated heterocycles. The lowest BCUT2D eigenvalue weighted by Crippen LogP contribution is -3.00. The van der Waals surface area contributed by atoms with Crippen molar-refractivity contribution in [3.05, 3.63) is 65.7 Å². The highest BCUT2D eigenvalue weighted by atomic mass is 79.9. The number of hydrogen-bond acceptors (Lipinski definition) is 1. The van der Waals surface area contributed by atoms with Gasteiger partial charge in [0.25, 0.3) is 0 Å². The first-order valence-corrected chi connectivity index (χ1v) is 5.12. The number of aromatic carboxylic acids is 1. The van der Waals surface area contributed by atoms with E-state index in [2.05, 4.69) is 0 Å². The van der Waals surface area contributed by atoms with Gasteiger partial charge in [0.15, 0.2) is 18.9 Å². The summed E-state index contributed by atoms with van der Waals surface area (Å²) in [4.78, 5) is 10.7. The molecule has 1 N–H and O–H groups in total. The van der Waals surface area contributed by atoms with Gasteiger partial charge in [-0.1, -0.05) is 0 Å². The van der Waals surface area contributed by atoms with Crippen LogP contribution in [-0.4, -0.2) is 11.1 Å². The van der Waals surface area contributed by atoms with Gasteiger partial charge in [0.1, 0.15) is 5.82 Å². The number of aromatic nitrogens is 1. The first-order valence-electron chi connectivity index (χ1n) is 5.12. The average Bonchev–Trinajstić information content (AvgIpc) is 2.33. The summed E-state index contributed by atoms with van der Waals surface area (Å²) in [5.41, 5.74) is 1.21. The second-order valence-corrected chi connectivity index (χ2v) is 3.69. The molecule has 1 aromatic carbocycles. The fourth-order valence-electron chi connectivity index (χ4n) is 1.51. The SMILES string of the molecule is O=C(O)c1cc[n+](Cc2ccc(F)cc2)cc1.[Br-]. The number of benzene rings is 1. The van der Waals surface area contributed by atoms with Crippen molar-refractivity contribution in [2.45, 2.75) is 6.54 Å². The minimum absolute atomic E-state index is 0. The molecule has 0 fully saturated rings. The van der Waals surface area contributed by atoms with E-state index in [1.54, 1.807) is 24.5 Å². The van der Waals surface area contributed by atoms with Gasteiger partial charge < -0.3 is 22.1 Å². The predicted molar refractivity (Wildman–Crippen MR) is 59.1 cm³/mol. The maximum Gasteiger partial charge on any atom is 0.336 e. The van der Waals surface area contributed by atoms with Crippen molar-refractivity contribution in [3.8, 4) is 0 Å². The summed E-state index contributed by atoms with van der Waals surface area (Å²) in [6.07, 6.45) is 3.37. The maximum absolute atomic E-state index is 12.7. The lowest BCUT2D eigenvalue weighted by Gasteiger charge is -1.98. The number of carbonyl (C=O) groups is 1. The van der Waals surface area contributed by atoms with Gasteiger partial charge in [-0.3, -0.25) is 0 Å². The van der Waals surface area contributed by atoms with E-state index in [0.717, 1.165) is 5.56 Å². The molecule has 0 aliphatic rings. The van der Waals surface area contributed by atoms with Gasteiger partial charge in [-0.05, 0) is 24.3 Å². The summed E-state index contributed by atoms with van der Waals surface area (Å²) < 4.78 is 14.5. The molecule has 3 nitrogen and oxygen atoms in total. The molecule has 1 heterocycles. The predicted octanol–water partition coefficient (Wildman–Crippen LogP) is -1.14. The molecule has 1 aromatic heterocycles. The van der Waals surface area contributed by atoms with Crippen molar-refractivity contribution in [1.82, 2.24) is 0 Å². The van der Waals surface area contributed by atoms with Crippen LogP contribution in [0.15, 0.2) is 48.8 Å². The number of halogens is 2. The molecule has 0 saturated carbocycles. The van der Waals surface area contributed by atoms with Crippen molar-refractivity contribution < 1.29 is 35.8 Å². The van der Waals surface area contributed by atoms with Crippen LogP contribution in [0.25, 0.3) is 0 Å². The first kappa shape index (κ1) is 14.3. The third-order valence-corrected chi connectivity index (χ3v) is 2.42. The molecule has 0 aliphatic carbocycles. The van der Waals surface area contributed by atoms with E-state index >= 15 is 0 Å². The molecule has 0 amide bonds. The number of carboxylic acids is 1. The van der Waals surface area contributed by atoms with Gasteiger partial charge in [0.2, 0.25) is 0 Å². The Hall–Kier alpha value is -1.75. The zero-order valence-corrected chi connectivity index (χ0v) is 11.0. The van der Waals surface area contributed by atoms with Gasteiger partial charge in [0, 0.05) is 17.7 Å². The molecule has 2 rings (SSSR count). The number of carboxylic acid groups (broad SMARTS) is 1. The Morgan fingerprint density at radius 3 is 2.17 bits per heavy atom. The number of nitrogens with zero attached hydrogens (tertiary/aromatic N) is 1. The summed E-state index contributed by atoms with van der Waals surface area (Å²) in [6, 6.07) is 9.28. The standard InChI is InChI=1S/C13H10FNO2.BrH/c14-12-3-1-10(2-4-12)9-15-7-5-11(6-8-15)13(16)17;/h1-8H,9H2;1H. The second-order valence-electron chi connectivity index (χ2n) is 3.69. The van der Waals surface area contributed by atoms with Crippen molar-refractivity contribution in [2.24, 2.45) is 0 Å². The number of rotatable bonds is 3. The Labute approximate surface area is 114 Å². The zero-order chi connectivity index (χ0) is 12.3. The maximum atomic E-state index is 12.7. The van der Waals surface area contributed by atoms with E-state index in [0.29, 0.717) is 6.54 Å². The van der Waals surface area contributed by atoms with E-state index in [-0.39, 0.29) is 28.4 Å². The Kier molecular flexibility index (Phi) is 4.97. The molecular formula is C13H11BrFNO2. The van der Waals surface area contributed by atoms with Crippen molar-refractivity contribution >= 4 is 5.97 Å². The van der Waals surface area contributed by atoms with Crippen molar-refractivity contribution in [1.29, 1.82) is 0 Å². The van der Waals surface area contributed by atoms with Gasteiger partial charge in [-0.15, -0.1) is 0 Å². The monoisotopic (exact) mass is 311 g/mol. The molecule has 5 heteroatoms.